The van der Waals surface area contributed by atoms with Crippen molar-refractivity contribution in [2.75, 3.05) is 13.7 Å². The molecule has 2 aromatic rings. The van der Waals surface area contributed by atoms with E-state index in [9.17, 15) is 9.90 Å². The Kier molecular flexibility index (Phi) is 9.07. The molecule has 2 rings (SSSR count). The first-order valence-electron chi connectivity index (χ1n) is 7.39. The van der Waals surface area contributed by atoms with Crippen LogP contribution in [0.2, 0.25) is 0 Å². The second kappa shape index (κ2) is 10.5. The van der Waals surface area contributed by atoms with Crippen molar-refractivity contribution < 1.29 is 14.6 Å². The zero-order valence-corrected chi connectivity index (χ0v) is 16.0. The lowest BCUT2D eigenvalue weighted by atomic mass is 10.1. The quantitative estimate of drug-likeness (QED) is 0.687. The van der Waals surface area contributed by atoms with Gasteiger partial charge in [-0.2, -0.15) is 13.5 Å². The number of esters is 1. The van der Waals surface area contributed by atoms with E-state index >= 15 is 0 Å². The van der Waals surface area contributed by atoms with Crippen LogP contribution >= 0.6 is 29.4 Å². The molecule has 0 bridgehead atoms. The van der Waals surface area contributed by atoms with Gasteiger partial charge >= 0.3 is 5.97 Å². The molecule has 0 aliphatic carbocycles. The highest BCUT2D eigenvalue weighted by atomic mass is 79.9. The monoisotopic (exact) mass is 411 g/mol. The predicted octanol–water partition coefficient (Wildman–Crippen LogP) is 3.04. The molecular formula is C18H22BrNO3S. The number of hydrogen-bond acceptors (Lipinski definition) is 4. The number of ether oxygens (including phenoxy) is 1. The molecule has 4 nitrogen and oxygen atoms in total. The van der Waals surface area contributed by atoms with Gasteiger partial charge in [-0.25, -0.2) is 4.79 Å². The Morgan fingerprint density at radius 3 is 2.54 bits per heavy atom. The molecule has 2 N–H and O–H groups in total. The van der Waals surface area contributed by atoms with Crippen LogP contribution in [0.4, 0.5) is 0 Å². The summed E-state index contributed by atoms with van der Waals surface area (Å²) in [6.07, 6.45) is 0.759. The molecule has 0 aromatic heterocycles. The van der Waals surface area contributed by atoms with Gasteiger partial charge in [0.25, 0.3) is 0 Å². The lowest BCUT2D eigenvalue weighted by Crippen LogP contribution is -2.34. The van der Waals surface area contributed by atoms with Crippen molar-refractivity contribution in [1.82, 2.24) is 5.32 Å². The van der Waals surface area contributed by atoms with E-state index < -0.39 is 0 Å². The number of benzene rings is 2. The molecule has 0 heterocycles. The normalized spacial score (nSPS) is 11.5. The number of hydrogen-bond donors (Lipinski definition) is 2. The molecule has 0 saturated heterocycles. The molecule has 0 fully saturated rings. The lowest BCUT2D eigenvalue weighted by molar-refractivity contribution is 0.0600. The molecule has 0 spiro atoms. The van der Waals surface area contributed by atoms with Crippen LogP contribution in [0.5, 0.6) is 0 Å². The largest absolute Gasteiger partial charge is 0.465 e. The Bertz CT molecular complexity index is 652. The molecule has 2 aromatic carbocycles. The fourth-order valence-electron chi connectivity index (χ4n) is 2.29. The van der Waals surface area contributed by atoms with Gasteiger partial charge in [-0.3, -0.25) is 0 Å². The number of halogens is 1. The first-order chi connectivity index (χ1) is 11.1. The predicted molar refractivity (Wildman–Crippen MR) is 104 cm³/mol. The Morgan fingerprint density at radius 2 is 1.96 bits per heavy atom. The summed E-state index contributed by atoms with van der Waals surface area (Å²) in [7, 11) is 1.36. The fourth-order valence-corrected chi connectivity index (χ4v) is 2.81. The first-order valence-corrected chi connectivity index (χ1v) is 8.18. The minimum atomic E-state index is -0.359. The zero-order valence-electron chi connectivity index (χ0n) is 13.5. The van der Waals surface area contributed by atoms with E-state index in [0.29, 0.717) is 12.1 Å². The molecule has 0 radical (unpaired) electrons. The Morgan fingerprint density at radius 1 is 1.25 bits per heavy atom. The van der Waals surface area contributed by atoms with Crippen molar-refractivity contribution in [3.8, 4) is 0 Å². The molecule has 1 atom stereocenters. The van der Waals surface area contributed by atoms with Gasteiger partial charge in [-0.15, -0.1) is 0 Å². The highest BCUT2D eigenvalue weighted by molar-refractivity contribution is 9.10. The summed E-state index contributed by atoms with van der Waals surface area (Å²) in [5.41, 5.74) is 2.70. The summed E-state index contributed by atoms with van der Waals surface area (Å²) in [6.45, 7) is 0.660. The van der Waals surface area contributed by atoms with Gasteiger partial charge in [-0.1, -0.05) is 52.3 Å². The highest BCUT2D eigenvalue weighted by Gasteiger charge is 2.11. The van der Waals surface area contributed by atoms with Gasteiger partial charge in [0.15, 0.2) is 0 Å². The van der Waals surface area contributed by atoms with E-state index in [2.05, 4.69) is 21.2 Å². The average molecular weight is 412 g/mol. The fraction of sp³-hybridized carbons (Fsp3) is 0.278. The summed E-state index contributed by atoms with van der Waals surface area (Å²) in [5.74, 6) is -0.359. The third-order valence-corrected chi connectivity index (χ3v) is 4.34. The van der Waals surface area contributed by atoms with E-state index in [4.69, 9.17) is 4.74 Å². The molecule has 0 saturated carbocycles. The van der Waals surface area contributed by atoms with Gasteiger partial charge in [0.05, 0.1) is 19.3 Å². The first kappa shape index (κ1) is 20.7. The smallest absolute Gasteiger partial charge is 0.337 e. The number of nitrogens with one attached hydrogen (secondary N) is 1. The highest BCUT2D eigenvalue weighted by Crippen LogP contribution is 2.19. The topological polar surface area (TPSA) is 58.6 Å². The number of aliphatic hydroxyl groups is 1. The number of methoxy groups -OCH3 is 1. The maximum Gasteiger partial charge on any atom is 0.337 e. The molecule has 0 amide bonds. The van der Waals surface area contributed by atoms with E-state index in [1.54, 1.807) is 12.1 Å². The summed E-state index contributed by atoms with van der Waals surface area (Å²) in [6, 6.07) is 15.4. The molecule has 0 aliphatic heterocycles. The van der Waals surface area contributed by atoms with Crippen LogP contribution < -0.4 is 5.32 Å². The van der Waals surface area contributed by atoms with Crippen molar-refractivity contribution in [2.24, 2.45) is 0 Å². The van der Waals surface area contributed by atoms with E-state index in [0.717, 1.165) is 16.5 Å². The van der Waals surface area contributed by atoms with Crippen molar-refractivity contribution >= 4 is 35.4 Å². The molecule has 24 heavy (non-hydrogen) atoms. The number of carbonyl (C=O) groups excluding carboxylic acids is 1. The second-order valence-electron chi connectivity index (χ2n) is 5.25. The Labute approximate surface area is 157 Å². The number of carbonyl (C=O) groups is 1. The zero-order chi connectivity index (χ0) is 16.7. The maximum absolute atomic E-state index is 11.5. The van der Waals surface area contributed by atoms with Gasteiger partial charge in [-0.05, 0) is 29.7 Å². The van der Waals surface area contributed by atoms with Crippen LogP contribution in [0.1, 0.15) is 21.5 Å². The standard InChI is InChI=1S/C18H20BrNO3.H2S/c1-23-18(22)14-7-8-15(17(19)10-14)11-20-16(12-21)9-13-5-3-2-4-6-13;/h2-8,10,16,20-21H,9,11-12H2,1H3;1H2/t16-;/m0./s1. The van der Waals surface area contributed by atoms with Crippen LogP contribution in [0, 0.1) is 0 Å². The van der Waals surface area contributed by atoms with Crippen LogP contribution in [0.3, 0.4) is 0 Å². The SMILES string of the molecule is COC(=O)c1ccc(CN[C@H](CO)Cc2ccccc2)c(Br)c1.S. The number of aliphatic hydroxyl groups excluding tert-OH is 1. The number of rotatable bonds is 7. The van der Waals surface area contributed by atoms with Gasteiger partial charge < -0.3 is 15.2 Å². The van der Waals surface area contributed by atoms with Crippen LogP contribution in [-0.4, -0.2) is 30.8 Å². The van der Waals surface area contributed by atoms with Crippen LogP contribution in [0.25, 0.3) is 0 Å². The van der Waals surface area contributed by atoms with Crippen molar-refractivity contribution in [3.63, 3.8) is 0 Å². The lowest BCUT2D eigenvalue weighted by Gasteiger charge is -2.17. The maximum atomic E-state index is 11.5. The third kappa shape index (κ3) is 5.94. The van der Waals surface area contributed by atoms with Crippen LogP contribution in [0.15, 0.2) is 53.0 Å². The molecule has 0 aliphatic rings. The third-order valence-electron chi connectivity index (χ3n) is 3.60. The van der Waals surface area contributed by atoms with Crippen molar-refractivity contribution in [1.29, 1.82) is 0 Å². The van der Waals surface area contributed by atoms with E-state index in [-0.39, 0.29) is 32.1 Å². The molecule has 6 heteroatoms. The van der Waals surface area contributed by atoms with Crippen LogP contribution in [-0.2, 0) is 17.7 Å². The average Bonchev–Trinajstić information content (AvgIpc) is 2.59. The summed E-state index contributed by atoms with van der Waals surface area (Å²) < 4.78 is 5.54. The van der Waals surface area contributed by atoms with Gasteiger partial charge in [0, 0.05) is 17.1 Å². The molecule has 0 unspecified atom stereocenters. The molecule has 130 valence electrons. The van der Waals surface area contributed by atoms with E-state index in [1.807, 2.05) is 36.4 Å². The van der Waals surface area contributed by atoms with Crippen molar-refractivity contribution in [2.45, 2.75) is 19.0 Å². The Hall–Kier alpha value is -1.34. The molecular weight excluding hydrogens is 390 g/mol. The van der Waals surface area contributed by atoms with Crippen molar-refractivity contribution in [3.05, 3.63) is 69.7 Å². The van der Waals surface area contributed by atoms with E-state index in [1.165, 1.54) is 12.7 Å². The summed E-state index contributed by atoms with van der Waals surface area (Å²) in [5, 5.41) is 12.9. The Balaban J connectivity index is 0.00000288. The summed E-state index contributed by atoms with van der Waals surface area (Å²) >= 11 is 3.47. The minimum Gasteiger partial charge on any atom is -0.465 e. The second-order valence-corrected chi connectivity index (χ2v) is 6.10. The van der Waals surface area contributed by atoms with Gasteiger partial charge in [0.1, 0.15) is 0 Å². The van der Waals surface area contributed by atoms with Gasteiger partial charge in [0.2, 0.25) is 0 Å². The summed E-state index contributed by atoms with van der Waals surface area (Å²) in [4.78, 5) is 11.5. The minimum absolute atomic E-state index is 0.